The topological polar surface area (TPSA) is 232 Å². The molecule has 0 saturated carbocycles. The van der Waals surface area contributed by atoms with E-state index in [1.807, 2.05) is 27.7 Å². The summed E-state index contributed by atoms with van der Waals surface area (Å²) in [6, 6.07) is 1.89. The molecule has 64 heavy (non-hydrogen) atoms. The summed E-state index contributed by atoms with van der Waals surface area (Å²) in [4.78, 5) is 76.5. The van der Waals surface area contributed by atoms with E-state index in [0.29, 0.717) is 70.1 Å². The van der Waals surface area contributed by atoms with Gasteiger partial charge in [0.05, 0.1) is 40.5 Å². The predicted octanol–water partition coefficient (Wildman–Crippen LogP) is 6.54. The Kier molecular flexibility index (Phi) is 14.8. The van der Waals surface area contributed by atoms with Crippen LogP contribution in [0.1, 0.15) is 102 Å². The highest BCUT2D eigenvalue weighted by Gasteiger charge is 2.32. The van der Waals surface area contributed by atoms with Gasteiger partial charge in [0.2, 0.25) is 11.9 Å². The Balaban J connectivity index is 0.000000214. The molecule has 0 unspecified atom stereocenters. The fraction of sp³-hybridized carbons (Fsp3) is 0.439. The summed E-state index contributed by atoms with van der Waals surface area (Å²) in [6.45, 7) is 14.7. The molecule has 8 rings (SSSR count). The van der Waals surface area contributed by atoms with E-state index in [4.69, 9.17) is 10.5 Å². The number of halogens is 3. The van der Waals surface area contributed by atoms with Crippen molar-refractivity contribution in [1.29, 1.82) is 0 Å². The lowest BCUT2D eigenvalue weighted by atomic mass is 10.1. The van der Waals surface area contributed by atoms with Crippen LogP contribution < -0.4 is 21.7 Å². The van der Waals surface area contributed by atoms with Crippen molar-refractivity contribution in [3.8, 4) is 0 Å². The Bertz CT molecular complexity index is 2670. The minimum Gasteiger partial charge on any atom is -0.444 e. The first-order valence-corrected chi connectivity index (χ1v) is 21.9. The summed E-state index contributed by atoms with van der Waals surface area (Å²) in [5.41, 5.74) is 8.06. The lowest BCUT2D eigenvalue weighted by Crippen LogP contribution is -2.41. The number of hydrogen-bond donors (Lipinski definition) is 4. The number of nitrogens with one attached hydrogen (secondary N) is 3. The summed E-state index contributed by atoms with van der Waals surface area (Å²) >= 11 is 2.74. The van der Waals surface area contributed by atoms with E-state index >= 15 is 0 Å². The molecule has 0 bridgehead atoms. The van der Waals surface area contributed by atoms with Gasteiger partial charge in [-0.2, -0.15) is 9.97 Å². The first-order valence-electron chi connectivity index (χ1n) is 20.3. The van der Waals surface area contributed by atoms with Gasteiger partial charge in [-0.05, 0) is 84.6 Å². The van der Waals surface area contributed by atoms with Crippen LogP contribution in [0.2, 0.25) is 0 Å². The molecule has 3 amide bonds. The van der Waals surface area contributed by atoms with Crippen LogP contribution >= 0.6 is 35.1 Å². The van der Waals surface area contributed by atoms with Crippen LogP contribution in [0, 0.1) is 25.5 Å². The lowest BCUT2D eigenvalue weighted by molar-refractivity contribution is 0.0501. The van der Waals surface area contributed by atoms with Crippen LogP contribution in [0.25, 0.3) is 20.7 Å². The van der Waals surface area contributed by atoms with E-state index in [0.717, 1.165) is 28.8 Å². The van der Waals surface area contributed by atoms with E-state index in [-0.39, 0.29) is 66.0 Å². The number of pyridine rings is 2. The molecule has 0 aromatic carbocycles. The fourth-order valence-corrected chi connectivity index (χ4v) is 8.65. The SMILES string of the molecule is Cc1nc2nc(N[C@@H](C)c3cncc(F)c3)nc(C(=O)N3CC[C@H](N)C3)c2s1.Cc1nc2nc(N[C@@H](C)c3cncc(F)c3)nc(C(=O)N3CC[C@H](NC(=O)OC(C)(C)C)C3)c2s1.Cl. The number of likely N-dealkylation sites (tertiary alicyclic amines) is 2. The van der Waals surface area contributed by atoms with Crippen molar-refractivity contribution in [2.45, 2.75) is 91.1 Å². The fourth-order valence-electron chi connectivity index (χ4n) is 6.97. The Morgan fingerprint density at radius 2 is 1.22 bits per heavy atom. The number of fused-ring (bicyclic) bond motifs is 2. The van der Waals surface area contributed by atoms with E-state index in [9.17, 15) is 23.2 Å². The predicted molar refractivity (Wildman–Crippen MR) is 242 cm³/mol. The normalized spacial score (nSPS) is 17.0. The molecule has 8 heterocycles. The second kappa shape index (κ2) is 19.9. The summed E-state index contributed by atoms with van der Waals surface area (Å²) in [5.74, 6) is -0.822. The van der Waals surface area contributed by atoms with Crippen molar-refractivity contribution in [1.82, 2.24) is 55.0 Å². The molecule has 2 aliphatic rings. The van der Waals surface area contributed by atoms with Crippen molar-refractivity contribution >= 4 is 85.6 Å². The van der Waals surface area contributed by atoms with E-state index in [1.54, 1.807) is 43.0 Å². The van der Waals surface area contributed by atoms with Crippen LogP contribution in [-0.2, 0) is 4.74 Å². The third-order valence-corrected chi connectivity index (χ3v) is 11.9. The summed E-state index contributed by atoms with van der Waals surface area (Å²) in [6.07, 6.45) is 6.28. The van der Waals surface area contributed by atoms with Gasteiger partial charge in [-0.1, -0.05) is 0 Å². The number of alkyl carbamates (subject to hydrolysis) is 1. The highest BCUT2D eigenvalue weighted by atomic mass is 35.5. The molecule has 2 saturated heterocycles. The Morgan fingerprint density at radius 1 is 0.750 bits per heavy atom. The Labute approximate surface area is 381 Å². The Hall–Kier alpha value is -5.84. The molecule has 5 N–H and O–H groups in total. The van der Waals surface area contributed by atoms with Crippen molar-refractivity contribution in [2.24, 2.45) is 5.73 Å². The van der Waals surface area contributed by atoms with Crippen LogP contribution in [0.3, 0.4) is 0 Å². The second-order valence-corrected chi connectivity index (χ2v) is 18.8. The van der Waals surface area contributed by atoms with Gasteiger partial charge >= 0.3 is 6.09 Å². The molecule has 6 aromatic rings. The van der Waals surface area contributed by atoms with Gasteiger partial charge in [-0.25, -0.2) is 33.5 Å². The molecule has 18 nitrogen and oxygen atoms in total. The van der Waals surface area contributed by atoms with E-state index in [2.05, 4.69) is 55.8 Å². The molecule has 4 atom stereocenters. The molecule has 6 aromatic heterocycles. The quantitative estimate of drug-likeness (QED) is 0.121. The van der Waals surface area contributed by atoms with Crippen LogP contribution in [0.15, 0.2) is 36.9 Å². The summed E-state index contributed by atoms with van der Waals surface area (Å²) < 4.78 is 33.6. The van der Waals surface area contributed by atoms with Gasteiger partial charge in [0.15, 0.2) is 22.7 Å². The van der Waals surface area contributed by atoms with E-state index < -0.39 is 23.3 Å². The minimum absolute atomic E-state index is 0. The maximum atomic E-state index is 13.6. The number of carbonyl (C=O) groups excluding carboxylic acids is 3. The first kappa shape index (κ1) is 47.6. The molecule has 0 aliphatic carbocycles. The Morgan fingerprint density at radius 3 is 1.66 bits per heavy atom. The van der Waals surface area contributed by atoms with Crippen molar-refractivity contribution in [2.75, 3.05) is 36.8 Å². The zero-order valence-corrected chi connectivity index (χ0v) is 38.6. The second-order valence-electron chi connectivity index (χ2n) is 16.4. The lowest BCUT2D eigenvalue weighted by Gasteiger charge is -2.22. The molecular formula is C41H49ClF2N14O4S2. The van der Waals surface area contributed by atoms with Crippen molar-refractivity contribution in [3.63, 3.8) is 0 Å². The summed E-state index contributed by atoms with van der Waals surface area (Å²) in [5, 5.41) is 10.6. The van der Waals surface area contributed by atoms with Gasteiger partial charge < -0.3 is 36.2 Å². The number of aryl methyl sites for hydroxylation is 2. The van der Waals surface area contributed by atoms with Gasteiger partial charge in [0.25, 0.3) is 11.8 Å². The average Bonchev–Trinajstić information content (AvgIpc) is 4.03. The number of carbonyl (C=O) groups is 3. The number of hydrogen-bond acceptors (Lipinski definition) is 17. The first-order chi connectivity index (χ1) is 29.9. The van der Waals surface area contributed by atoms with Crippen LogP contribution in [0.4, 0.5) is 25.5 Å². The zero-order chi connectivity index (χ0) is 45.2. The number of rotatable bonds is 9. The van der Waals surface area contributed by atoms with Crippen molar-refractivity contribution in [3.05, 3.63) is 81.1 Å². The van der Waals surface area contributed by atoms with Crippen molar-refractivity contribution < 1.29 is 27.9 Å². The third kappa shape index (κ3) is 11.6. The van der Waals surface area contributed by atoms with Gasteiger partial charge in [0.1, 0.15) is 26.6 Å². The zero-order valence-electron chi connectivity index (χ0n) is 36.2. The maximum Gasteiger partial charge on any atom is 0.407 e. The van der Waals surface area contributed by atoms with Crippen LogP contribution in [-0.4, -0.2) is 111 Å². The maximum absolute atomic E-state index is 13.6. The smallest absolute Gasteiger partial charge is 0.407 e. The molecule has 2 aliphatic heterocycles. The van der Waals surface area contributed by atoms with E-state index in [1.165, 1.54) is 34.8 Å². The summed E-state index contributed by atoms with van der Waals surface area (Å²) in [7, 11) is 0. The van der Waals surface area contributed by atoms with Gasteiger partial charge in [-0.3, -0.25) is 19.6 Å². The minimum atomic E-state index is -0.600. The number of nitrogens with two attached hydrogens (primary N) is 1. The molecule has 0 spiro atoms. The standard InChI is InChI=1S/C23H28FN7O3S.C18H20FN7OS.ClH/c1-12(14-8-15(24)10-25-9-14)26-21-29-17(18-19(30-21)27-13(2)35-18)20(32)31-7-6-16(11-31)28-22(33)34-23(3,4)5;1-9(11-5-12(19)7-21-6-11)22-18-24-14(15-16(25-18)23-10(2)28-15)17(27)26-4-3-13(20)8-26;/h8-10,12,16H,6-7,11H2,1-5H3,(H,28,33)(H,26,29,30);5-7,9,13H,3-4,8,20H2,1-2H3,(H,22,24,25);1H/t12-,16-;9-,13-;/m00./s1. The number of amides is 3. The number of nitrogens with zero attached hydrogens (tertiary/aromatic N) is 10. The molecule has 2 fully saturated rings. The number of ether oxygens (including phenoxy) is 1. The highest BCUT2D eigenvalue weighted by molar-refractivity contribution is 7.19. The molecule has 0 radical (unpaired) electrons. The molecule has 23 heteroatoms. The molecular weight excluding hydrogens is 890 g/mol. The van der Waals surface area contributed by atoms with Gasteiger partial charge in [0, 0.05) is 44.6 Å². The monoisotopic (exact) mass is 938 g/mol. The van der Waals surface area contributed by atoms with Gasteiger partial charge in [-0.15, -0.1) is 35.1 Å². The highest BCUT2D eigenvalue weighted by Crippen LogP contribution is 2.30. The molecule has 340 valence electrons. The number of aromatic nitrogens is 8. The van der Waals surface area contributed by atoms with Crippen LogP contribution in [0.5, 0.6) is 0 Å². The number of anilines is 2. The average molecular weight is 940 g/mol. The number of thiazole rings is 2. The third-order valence-electron chi connectivity index (χ3n) is 9.98. The largest absolute Gasteiger partial charge is 0.444 e.